The highest BCUT2D eigenvalue weighted by Crippen LogP contribution is 2.25. The van der Waals surface area contributed by atoms with Crippen LogP contribution in [0.2, 0.25) is 0 Å². The lowest BCUT2D eigenvalue weighted by molar-refractivity contribution is -0.327. The van der Waals surface area contributed by atoms with Crippen LogP contribution in [0.15, 0.2) is 0 Å². The molecular weight excluding hydrogens is 503 g/mol. The number of ether oxygens (including phenoxy) is 3. The van der Waals surface area contributed by atoms with Gasteiger partial charge in [-0.05, 0) is 53.4 Å². The molecule has 1 unspecified atom stereocenters. The van der Waals surface area contributed by atoms with Gasteiger partial charge in [0.25, 0.3) is 6.48 Å². The average Bonchev–Trinajstić information content (AvgIpc) is 2.85. The van der Waals surface area contributed by atoms with Crippen LogP contribution in [-0.2, 0) is 20.6 Å². The van der Waals surface area contributed by atoms with Crippen molar-refractivity contribution in [3.8, 4) is 0 Å². The lowest BCUT2D eigenvalue weighted by atomic mass is 10.0. The van der Waals surface area contributed by atoms with E-state index in [1.165, 1.54) is 38.5 Å². The summed E-state index contributed by atoms with van der Waals surface area (Å²) in [6.07, 6.45) is 13.6. The van der Waals surface area contributed by atoms with Crippen molar-refractivity contribution in [3.63, 3.8) is 0 Å². The molecule has 38 heavy (non-hydrogen) atoms. The van der Waals surface area contributed by atoms with Crippen LogP contribution in [0.25, 0.3) is 0 Å². The van der Waals surface area contributed by atoms with Crippen molar-refractivity contribution in [2.75, 3.05) is 0 Å². The monoisotopic (exact) mass is 552 g/mol. The molecule has 0 amide bonds. The van der Waals surface area contributed by atoms with E-state index in [4.69, 9.17) is 14.2 Å². The molecule has 1 atom stereocenters. The van der Waals surface area contributed by atoms with E-state index in [2.05, 4.69) is 6.92 Å². The van der Waals surface area contributed by atoms with Crippen LogP contribution < -0.4 is 0 Å². The summed E-state index contributed by atoms with van der Waals surface area (Å²) in [5.74, 6) is -9.34. The Bertz CT molecular complexity index is 734. The molecule has 0 N–H and O–H groups in total. The van der Waals surface area contributed by atoms with E-state index in [9.17, 15) is 22.0 Å². The minimum Gasteiger partial charge on any atom is -0.327 e. The number of hydrogen-bond donors (Lipinski definition) is 0. The molecule has 0 aromatic heterocycles. The van der Waals surface area contributed by atoms with Gasteiger partial charge in [-0.2, -0.15) is 0 Å². The Hall–Kier alpha value is -1.25. The number of rotatable bonds is 22. The van der Waals surface area contributed by atoms with Gasteiger partial charge in [0.05, 0.1) is 18.3 Å². The first kappa shape index (κ1) is 34.8. The van der Waals surface area contributed by atoms with Crippen LogP contribution in [0.3, 0.4) is 0 Å². The van der Waals surface area contributed by atoms with Crippen LogP contribution in [0, 0.1) is 29.1 Å². The van der Waals surface area contributed by atoms with Gasteiger partial charge < -0.3 is 14.2 Å². The third-order valence-electron chi connectivity index (χ3n) is 6.45. The molecular formula is C30H49F5O3. The normalized spacial score (nSPS) is 12.9. The van der Waals surface area contributed by atoms with Crippen molar-refractivity contribution in [1.82, 2.24) is 0 Å². The van der Waals surface area contributed by atoms with E-state index < -0.39 is 41.1 Å². The molecule has 0 heterocycles. The number of unbranched alkanes of at least 4 members (excludes halogenated alkanes) is 10. The minimum absolute atomic E-state index is 0.00139. The van der Waals surface area contributed by atoms with Gasteiger partial charge in [0.2, 0.25) is 5.82 Å². The highest BCUT2D eigenvalue weighted by molar-refractivity contribution is 5.24. The highest BCUT2D eigenvalue weighted by Gasteiger charge is 2.25. The number of halogens is 5. The molecule has 0 radical (unpaired) electrons. The van der Waals surface area contributed by atoms with Gasteiger partial charge in [-0.1, -0.05) is 77.6 Å². The topological polar surface area (TPSA) is 27.7 Å². The molecule has 0 aliphatic carbocycles. The van der Waals surface area contributed by atoms with Gasteiger partial charge >= 0.3 is 0 Å². The van der Waals surface area contributed by atoms with Gasteiger partial charge in [0.15, 0.2) is 23.3 Å². The molecule has 1 aromatic carbocycles. The fraction of sp³-hybridized carbons (Fsp3) is 0.800. The Labute approximate surface area is 226 Å². The molecule has 8 heteroatoms. The predicted molar refractivity (Wildman–Crippen MR) is 141 cm³/mol. The van der Waals surface area contributed by atoms with Gasteiger partial charge in [0.1, 0.15) is 0 Å². The predicted octanol–water partition coefficient (Wildman–Crippen LogP) is 9.92. The zero-order valence-corrected chi connectivity index (χ0v) is 24.0. The van der Waals surface area contributed by atoms with Crippen LogP contribution >= 0.6 is 0 Å². The van der Waals surface area contributed by atoms with E-state index >= 15 is 0 Å². The Morgan fingerprint density at radius 2 is 0.895 bits per heavy atom. The maximum atomic E-state index is 13.8. The molecule has 3 nitrogen and oxygen atoms in total. The highest BCUT2D eigenvalue weighted by atomic mass is 19.2. The lowest BCUT2D eigenvalue weighted by Gasteiger charge is -2.27. The molecule has 0 saturated heterocycles. The van der Waals surface area contributed by atoms with Gasteiger partial charge in [-0.3, -0.25) is 0 Å². The maximum absolute atomic E-state index is 13.8. The van der Waals surface area contributed by atoms with Crippen LogP contribution in [0.4, 0.5) is 22.0 Å². The third kappa shape index (κ3) is 13.7. The fourth-order valence-corrected chi connectivity index (χ4v) is 4.38. The van der Waals surface area contributed by atoms with Crippen molar-refractivity contribution in [2.24, 2.45) is 0 Å². The second-order valence-electron chi connectivity index (χ2n) is 10.7. The van der Waals surface area contributed by atoms with Crippen LogP contribution in [0.1, 0.15) is 130 Å². The molecule has 1 rings (SSSR count). The van der Waals surface area contributed by atoms with E-state index in [0.29, 0.717) is 12.8 Å². The molecule has 0 aliphatic heterocycles. The summed E-state index contributed by atoms with van der Waals surface area (Å²) in [5.41, 5.74) is -0.731. The minimum atomic E-state index is -2.11. The largest absolute Gasteiger partial charge is 0.327 e. The first-order valence-electron chi connectivity index (χ1n) is 14.5. The summed E-state index contributed by atoms with van der Waals surface area (Å²) in [5, 5.41) is 0. The second-order valence-corrected chi connectivity index (χ2v) is 10.7. The van der Waals surface area contributed by atoms with Crippen molar-refractivity contribution < 1.29 is 36.2 Å². The van der Waals surface area contributed by atoms with Crippen molar-refractivity contribution in [2.45, 2.75) is 156 Å². The first-order chi connectivity index (χ1) is 18.1. The van der Waals surface area contributed by atoms with Crippen molar-refractivity contribution >= 4 is 0 Å². The first-order valence-corrected chi connectivity index (χ1v) is 14.5. The zero-order chi connectivity index (χ0) is 28.5. The summed E-state index contributed by atoms with van der Waals surface area (Å²) in [6, 6.07) is 0. The second kappa shape index (κ2) is 19.8. The van der Waals surface area contributed by atoms with Gasteiger partial charge in [-0.25, -0.2) is 22.0 Å². The molecule has 0 fully saturated rings. The lowest BCUT2D eigenvalue weighted by Crippen LogP contribution is -2.31. The SMILES string of the molecule is CCCCCCCCCC(CCCCCCCc1c(F)c(F)c(F)c(F)c1F)OC(OC(C)C)OC(C)C. The fourth-order valence-electron chi connectivity index (χ4n) is 4.38. The molecule has 0 bridgehead atoms. The molecule has 0 aliphatic rings. The van der Waals surface area contributed by atoms with Gasteiger partial charge in [0, 0.05) is 5.56 Å². The van der Waals surface area contributed by atoms with Crippen LogP contribution in [0.5, 0.6) is 0 Å². The molecule has 0 spiro atoms. The maximum Gasteiger partial charge on any atom is 0.272 e. The summed E-state index contributed by atoms with van der Waals surface area (Å²) >= 11 is 0. The molecule has 1 aromatic rings. The standard InChI is InChI=1S/C30H49F5O3/c1-6-7-8-9-10-12-15-18-23(38-30(36-21(2)3)37-22(4)5)19-16-13-11-14-17-20-24-25(31)27(33)29(35)28(34)26(24)32/h21-23,30H,6-20H2,1-5H3. The summed E-state index contributed by atoms with van der Waals surface area (Å²) < 4.78 is 85.5. The van der Waals surface area contributed by atoms with E-state index in [1.807, 2.05) is 27.7 Å². The molecule has 0 saturated carbocycles. The smallest absolute Gasteiger partial charge is 0.272 e. The third-order valence-corrected chi connectivity index (χ3v) is 6.45. The Balaban J connectivity index is 2.50. The summed E-state index contributed by atoms with van der Waals surface area (Å²) in [4.78, 5) is 0. The van der Waals surface area contributed by atoms with Crippen LogP contribution in [-0.4, -0.2) is 24.8 Å². The Morgan fingerprint density at radius 3 is 1.34 bits per heavy atom. The van der Waals surface area contributed by atoms with Crippen molar-refractivity contribution in [3.05, 3.63) is 34.6 Å². The number of hydrogen-bond acceptors (Lipinski definition) is 3. The quantitative estimate of drug-likeness (QED) is 0.0471. The summed E-state index contributed by atoms with van der Waals surface area (Å²) in [6.45, 7) is 9.26. The Morgan fingerprint density at radius 1 is 0.500 bits per heavy atom. The average molecular weight is 553 g/mol. The van der Waals surface area contributed by atoms with E-state index in [1.54, 1.807) is 0 Å². The van der Waals surface area contributed by atoms with Gasteiger partial charge in [-0.15, -0.1) is 0 Å². The Kier molecular flexibility index (Phi) is 18.1. The number of benzene rings is 1. The van der Waals surface area contributed by atoms with E-state index in [-0.39, 0.29) is 24.7 Å². The molecule has 222 valence electrons. The van der Waals surface area contributed by atoms with Crippen molar-refractivity contribution in [1.29, 1.82) is 0 Å². The summed E-state index contributed by atoms with van der Waals surface area (Å²) in [7, 11) is 0. The zero-order valence-electron chi connectivity index (χ0n) is 24.0. The van der Waals surface area contributed by atoms with E-state index in [0.717, 1.165) is 38.5 Å².